The summed E-state index contributed by atoms with van der Waals surface area (Å²) in [5.74, 6) is -0.343. The lowest BCUT2D eigenvalue weighted by Gasteiger charge is -2.28. The highest BCUT2D eigenvalue weighted by atomic mass is 32.1. The average Bonchev–Trinajstić information content (AvgIpc) is 2.79. The van der Waals surface area contributed by atoms with E-state index in [0.717, 1.165) is 25.7 Å². The van der Waals surface area contributed by atoms with Crippen LogP contribution >= 0.6 is 11.3 Å². The van der Waals surface area contributed by atoms with Crippen molar-refractivity contribution in [1.82, 2.24) is 5.32 Å². The van der Waals surface area contributed by atoms with E-state index in [1.807, 2.05) is 0 Å². The summed E-state index contributed by atoms with van der Waals surface area (Å²) in [5.41, 5.74) is 0. The molecular weight excluding hydrogens is 264 g/mol. The number of thiophene rings is 1. The van der Waals surface area contributed by atoms with Crippen molar-refractivity contribution in [3.63, 3.8) is 0 Å². The number of nitrogens with one attached hydrogen (secondary N) is 2. The van der Waals surface area contributed by atoms with Crippen LogP contribution in [-0.2, 0) is 4.79 Å². The molecule has 6 heteroatoms. The van der Waals surface area contributed by atoms with Gasteiger partial charge in [0.15, 0.2) is 0 Å². The third-order valence-electron chi connectivity index (χ3n) is 3.17. The molecule has 1 aromatic rings. The Bertz CT molecular complexity index is 472. The van der Waals surface area contributed by atoms with Crippen LogP contribution in [0.1, 0.15) is 42.3 Å². The minimum absolute atomic E-state index is 0.156. The molecule has 1 fully saturated rings. The largest absolute Gasteiger partial charge is 0.391 e. The molecule has 0 spiro atoms. The number of carbonyl (C=O) groups excluding carboxylic acids is 2. The Labute approximate surface area is 116 Å². The maximum atomic E-state index is 12.0. The Kier molecular flexibility index (Phi) is 4.55. The predicted molar refractivity (Wildman–Crippen MR) is 74.4 cm³/mol. The van der Waals surface area contributed by atoms with Gasteiger partial charge in [-0.25, -0.2) is 0 Å². The van der Waals surface area contributed by atoms with Crippen LogP contribution in [0.4, 0.5) is 5.00 Å². The van der Waals surface area contributed by atoms with Gasteiger partial charge < -0.3 is 15.7 Å². The highest BCUT2D eigenvalue weighted by Crippen LogP contribution is 2.23. The van der Waals surface area contributed by atoms with E-state index in [9.17, 15) is 14.7 Å². The molecule has 3 N–H and O–H groups in total. The quantitative estimate of drug-likeness (QED) is 0.790. The molecule has 1 aliphatic rings. The molecule has 1 saturated carbocycles. The standard InChI is InChI=1S/C13H18N2O3S/c1-8(16)14-12-7-6-11(19-12)13(18)15-9-4-2-3-5-10(9)17/h6-7,9-10,17H,2-5H2,1H3,(H,14,16)(H,15,18). The van der Waals surface area contributed by atoms with Gasteiger partial charge in [-0.15, -0.1) is 11.3 Å². The minimum Gasteiger partial charge on any atom is -0.391 e. The maximum absolute atomic E-state index is 12.0. The van der Waals surface area contributed by atoms with Crippen molar-refractivity contribution in [2.24, 2.45) is 0 Å². The van der Waals surface area contributed by atoms with Crippen LogP contribution in [0.3, 0.4) is 0 Å². The number of aliphatic hydroxyl groups excluding tert-OH is 1. The highest BCUT2D eigenvalue weighted by Gasteiger charge is 2.25. The summed E-state index contributed by atoms with van der Waals surface area (Å²) in [7, 11) is 0. The SMILES string of the molecule is CC(=O)Nc1ccc(C(=O)NC2CCCCC2O)s1. The summed E-state index contributed by atoms with van der Waals surface area (Å²) in [4.78, 5) is 23.5. The molecule has 1 heterocycles. The summed E-state index contributed by atoms with van der Waals surface area (Å²) in [6.07, 6.45) is 3.15. The predicted octanol–water partition coefficient (Wildman–Crippen LogP) is 1.74. The van der Waals surface area contributed by atoms with E-state index in [-0.39, 0.29) is 17.9 Å². The summed E-state index contributed by atoms with van der Waals surface area (Å²) < 4.78 is 0. The van der Waals surface area contributed by atoms with Gasteiger partial charge in [0.2, 0.25) is 5.91 Å². The molecule has 0 aromatic carbocycles. The van der Waals surface area contributed by atoms with Crippen LogP contribution in [0.15, 0.2) is 12.1 Å². The first kappa shape index (κ1) is 14.0. The molecule has 2 amide bonds. The van der Waals surface area contributed by atoms with Crippen LogP contribution in [0.5, 0.6) is 0 Å². The van der Waals surface area contributed by atoms with Crippen LogP contribution in [0.2, 0.25) is 0 Å². The monoisotopic (exact) mass is 282 g/mol. The molecular formula is C13H18N2O3S. The molecule has 2 atom stereocenters. The average molecular weight is 282 g/mol. The molecule has 0 radical (unpaired) electrons. The Morgan fingerprint density at radius 1 is 1.32 bits per heavy atom. The number of amides is 2. The molecule has 5 nitrogen and oxygen atoms in total. The number of anilines is 1. The molecule has 0 saturated heterocycles. The van der Waals surface area contributed by atoms with Crippen molar-refractivity contribution in [2.75, 3.05) is 5.32 Å². The molecule has 2 unspecified atom stereocenters. The molecule has 0 aliphatic heterocycles. The van der Waals surface area contributed by atoms with Crippen molar-refractivity contribution >= 4 is 28.2 Å². The maximum Gasteiger partial charge on any atom is 0.261 e. The van der Waals surface area contributed by atoms with Crippen molar-refractivity contribution < 1.29 is 14.7 Å². The van der Waals surface area contributed by atoms with Gasteiger partial charge in [-0.3, -0.25) is 9.59 Å². The smallest absolute Gasteiger partial charge is 0.261 e. The third-order valence-corrected chi connectivity index (χ3v) is 4.17. The van der Waals surface area contributed by atoms with Gasteiger partial charge in [0.25, 0.3) is 5.91 Å². The third kappa shape index (κ3) is 3.78. The van der Waals surface area contributed by atoms with Crippen LogP contribution in [0, 0.1) is 0 Å². The first-order valence-electron chi connectivity index (χ1n) is 6.42. The van der Waals surface area contributed by atoms with Gasteiger partial charge in [0.05, 0.1) is 22.0 Å². The van der Waals surface area contributed by atoms with Crippen LogP contribution in [0.25, 0.3) is 0 Å². The molecule has 2 rings (SSSR count). The lowest BCUT2D eigenvalue weighted by atomic mass is 9.92. The zero-order valence-corrected chi connectivity index (χ0v) is 11.6. The van der Waals surface area contributed by atoms with Crippen LogP contribution in [-0.4, -0.2) is 29.1 Å². The van der Waals surface area contributed by atoms with Crippen molar-refractivity contribution in [1.29, 1.82) is 0 Å². The van der Waals surface area contributed by atoms with E-state index in [0.29, 0.717) is 9.88 Å². The van der Waals surface area contributed by atoms with Gasteiger partial charge in [0, 0.05) is 6.92 Å². The Morgan fingerprint density at radius 2 is 2.05 bits per heavy atom. The number of rotatable bonds is 3. The molecule has 104 valence electrons. The van der Waals surface area contributed by atoms with E-state index in [2.05, 4.69) is 10.6 Å². The lowest BCUT2D eigenvalue weighted by molar-refractivity contribution is -0.114. The fourth-order valence-corrected chi connectivity index (χ4v) is 3.08. The number of carbonyl (C=O) groups is 2. The normalized spacial score (nSPS) is 22.8. The van der Waals surface area contributed by atoms with E-state index in [1.54, 1.807) is 12.1 Å². The summed E-state index contributed by atoms with van der Waals surface area (Å²) in [5, 5.41) is 16.0. The first-order valence-corrected chi connectivity index (χ1v) is 7.24. The highest BCUT2D eigenvalue weighted by molar-refractivity contribution is 7.18. The summed E-state index contributed by atoms with van der Waals surface area (Å²) in [6, 6.07) is 3.23. The number of hydrogen-bond donors (Lipinski definition) is 3. The number of aliphatic hydroxyl groups is 1. The zero-order valence-electron chi connectivity index (χ0n) is 10.8. The minimum atomic E-state index is -0.451. The van der Waals surface area contributed by atoms with Crippen molar-refractivity contribution in [2.45, 2.75) is 44.8 Å². The van der Waals surface area contributed by atoms with E-state index in [4.69, 9.17) is 0 Å². The Hall–Kier alpha value is -1.40. The second kappa shape index (κ2) is 6.16. The molecule has 0 bridgehead atoms. The Morgan fingerprint density at radius 3 is 2.74 bits per heavy atom. The van der Waals surface area contributed by atoms with Gasteiger partial charge in [0.1, 0.15) is 0 Å². The first-order chi connectivity index (χ1) is 9.06. The fourth-order valence-electron chi connectivity index (χ4n) is 2.22. The van der Waals surface area contributed by atoms with Crippen molar-refractivity contribution in [3.05, 3.63) is 17.0 Å². The summed E-state index contributed by atoms with van der Waals surface area (Å²) in [6.45, 7) is 1.43. The topological polar surface area (TPSA) is 78.4 Å². The second-order valence-electron chi connectivity index (χ2n) is 4.78. The lowest BCUT2D eigenvalue weighted by Crippen LogP contribution is -2.44. The fraction of sp³-hybridized carbons (Fsp3) is 0.538. The van der Waals surface area contributed by atoms with E-state index < -0.39 is 6.10 Å². The van der Waals surface area contributed by atoms with Gasteiger partial charge >= 0.3 is 0 Å². The van der Waals surface area contributed by atoms with Crippen LogP contribution < -0.4 is 10.6 Å². The molecule has 1 aliphatic carbocycles. The van der Waals surface area contributed by atoms with Gasteiger partial charge in [-0.2, -0.15) is 0 Å². The second-order valence-corrected chi connectivity index (χ2v) is 5.86. The van der Waals surface area contributed by atoms with Gasteiger partial charge in [-0.1, -0.05) is 12.8 Å². The van der Waals surface area contributed by atoms with E-state index in [1.165, 1.54) is 18.3 Å². The number of hydrogen-bond acceptors (Lipinski definition) is 4. The van der Waals surface area contributed by atoms with E-state index >= 15 is 0 Å². The molecule has 1 aromatic heterocycles. The Balaban J connectivity index is 1.95. The zero-order chi connectivity index (χ0) is 13.8. The molecule has 19 heavy (non-hydrogen) atoms. The summed E-state index contributed by atoms with van der Waals surface area (Å²) >= 11 is 1.23. The van der Waals surface area contributed by atoms with Gasteiger partial charge in [-0.05, 0) is 25.0 Å². The van der Waals surface area contributed by atoms with Crippen molar-refractivity contribution in [3.8, 4) is 0 Å².